The SMILES string of the molecule is COc1ccc(Cn2ncc(N3CC[C@H]3COCC(O)C(=O)NCCNc3ncc(C(F)(F)F)cn3)c(C(F)(F)F)c2=O)cc1. The van der Waals surface area contributed by atoms with Gasteiger partial charge in [-0.1, -0.05) is 12.1 Å². The van der Waals surface area contributed by atoms with Gasteiger partial charge in [0, 0.05) is 32.0 Å². The van der Waals surface area contributed by atoms with E-state index in [1.807, 2.05) is 0 Å². The van der Waals surface area contributed by atoms with Crippen molar-refractivity contribution in [3.8, 4) is 5.75 Å². The fraction of sp³-hybridized carbons (Fsp3) is 0.444. The molecule has 12 nitrogen and oxygen atoms in total. The fourth-order valence-corrected chi connectivity index (χ4v) is 4.35. The van der Waals surface area contributed by atoms with Crippen molar-refractivity contribution in [2.45, 2.75) is 37.5 Å². The quantitative estimate of drug-likeness (QED) is 0.187. The van der Waals surface area contributed by atoms with Crippen LogP contribution in [0.1, 0.15) is 23.1 Å². The summed E-state index contributed by atoms with van der Waals surface area (Å²) in [6, 6.07) is 5.89. The molecule has 2 aromatic heterocycles. The first kappa shape index (κ1) is 33.4. The van der Waals surface area contributed by atoms with E-state index in [2.05, 4.69) is 25.7 Å². The molecular weight excluding hydrogens is 616 g/mol. The molecule has 1 aliphatic rings. The lowest BCUT2D eigenvalue weighted by Gasteiger charge is -2.43. The molecule has 4 rings (SSSR count). The van der Waals surface area contributed by atoms with Crippen molar-refractivity contribution in [1.29, 1.82) is 0 Å². The standard InChI is InChI=1S/C27H29F6N7O5/c1-44-19-4-2-16(3-5-19)13-40-24(43)22(27(31,32)33)20(12-38-40)39-9-6-18(39)14-45-15-21(41)23(42)34-7-8-35-25-36-10-17(11-37-25)26(28,29)30/h2-5,10-12,18,21,41H,6-9,13-15H2,1H3,(H,34,42)(H,35,36,37)/t18-,21?/m0/s1. The Labute approximate surface area is 252 Å². The largest absolute Gasteiger partial charge is 0.497 e. The van der Waals surface area contributed by atoms with Crippen LogP contribution in [0.3, 0.4) is 0 Å². The maximum atomic E-state index is 14.1. The normalized spacial score (nSPS) is 15.7. The average molecular weight is 646 g/mol. The van der Waals surface area contributed by atoms with E-state index in [0.29, 0.717) is 30.1 Å². The van der Waals surface area contributed by atoms with Crippen molar-refractivity contribution < 1.29 is 45.7 Å². The number of hydrogen-bond acceptors (Lipinski definition) is 10. The molecule has 0 spiro atoms. The fourth-order valence-electron chi connectivity index (χ4n) is 4.35. The molecule has 1 amide bonds. The molecule has 18 heteroatoms. The predicted molar refractivity (Wildman–Crippen MR) is 147 cm³/mol. The van der Waals surface area contributed by atoms with E-state index in [-0.39, 0.29) is 44.4 Å². The second-order valence-corrected chi connectivity index (χ2v) is 9.91. The summed E-state index contributed by atoms with van der Waals surface area (Å²) in [5.41, 5.74) is -3.51. The summed E-state index contributed by atoms with van der Waals surface area (Å²) in [6.07, 6.45) is -8.49. The predicted octanol–water partition coefficient (Wildman–Crippen LogP) is 2.31. The van der Waals surface area contributed by atoms with Crippen LogP contribution in [0.4, 0.5) is 38.0 Å². The van der Waals surface area contributed by atoms with Gasteiger partial charge in [-0.15, -0.1) is 0 Å². The van der Waals surface area contributed by atoms with E-state index in [1.54, 1.807) is 24.3 Å². The first-order valence-electron chi connectivity index (χ1n) is 13.5. The summed E-state index contributed by atoms with van der Waals surface area (Å²) >= 11 is 0. The Balaban J connectivity index is 1.26. The highest BCUT2D eigenvalue weighted by atomic mass is 19.4. The number of carbonyl (C=O) groups excluding carboxylic acids is 1. The molecule has 0 radical (unpaired) electrons. The van der Waals surface area contributed by atoms with Gasteiger partial charge < -0.3 is 30.1 Å². The molecule has 45 heavy (non-hydrogen) atoms. The maximum absolute atomic E-state index is 14.1. The Morgan fingerprint density at radius 2 is 1.76 bits per heavy atom. The maximum Gasteiger partial charge on any atom is 0.423 e. The lowest BCUT2D eigenvalue weighted by molar-refractivity contribution is -0.139. The van der Waals surface area contributed by atoms with Gasteiger partial charge in [0.25, 0.3) is 11.5 Å². The van der Waals surface area contributed by atoms with Crippen molar-refractivity contribution in [2.24, 2.45) is 0 Å². The average Bonchev–Trinajstić information content (AvgIpc) is 2.97. The first-order valence-corrected chi connectivity index (χ1v) is 13.5. The molecule has 1 fully saturated rings. The lowest BCUT2D eigenvalue weighted by Crippen LogP contribution is -2.52. The van der Waals surface area contributed by atoms with Crippen molar-refractivity contribution >= 4 is 17.5 Å². The molecule has 0 aliphatic carbocycles. The Morgan fingerprint density at radius 3 is 2.33 bits per heavy atom. The van der Waals surface area contributed by atoms with Crippen LogP contribution in [0.2, 0.25) is 0 Å². The first-order chi connectivity index (χ1) is 21.3. The Kier molecular flexibility index (Phi) is 10.5. The van der Waals surface area contributed by atoms with Crippen LogP contribution in [0.25, 0.3) is 0 Å². The Morgan fingerprint density at radius 1 is 1.07 bits per heavy atom. The van der Waals surface area contributed by atoms with Gasteiger partial charge in [0.1, 0.15) is 11.3 Å². The molecule has 1 aromatic carbocycles. The van der Waals surface area contributed by atoms with Crippen LogP contribution in [-0.2, 0) is 28.4 Å². The van der Waals surface area contributed by atoms with Crippen LogP contribution >= 0.6 is 0 Å². The number of nitrogens with zero attached hydrogens (tertiary/aromatic N) is 5. The summed E-state index contributed by atoms with van der Waals surface area (Å²) in [5, 5.41) is 19.1. The topological polar surface area (TPSA) is 144 Å². The van der Waals surface area contributed by atoms with E-state index in [4.69, 9.17) is 9.47 Å². The van der Waals surface area contributed by atoms with Crippen LogP contribution < -0.4 is 25.8 Å². The number of aliphatic hydroxyl groups is 1. The number of ether oxygens (including phenoxy) is 2. The monoisotopic (exact) mass is 645 g/mol. The summed E-state index contributed by atoms with van der Waals surface area (Å²) in [6.45, 7) is -0.566. The van der Waals surface area contributed by atoms with Crippen molar-refractivity contribution in [3.05, 3.63) is 69.9 Å². The van der Waals surface area contributed by atoms with Gasteiger partial charge in [0.05, 0.1) is 50.4 Å². The van der Waals surface area contributed by atoms with Crippen molar-refractivity contribution in [1.82, 2.24) is 25.1 Å². The van der Waals surface area contributed by atoms with Gasteiger partial charge in [-0.25, -0.2) is 14.6 Å². The summed E-state index contributed by atoms with van der Waals surface area (Å²) < 4.78 is 91.1. The molecule has 3 N–H and O–H groups in total. The highest BCUT2D eigenvalue weighted by Crippen LogP contribution is 2.37. The van der Waals surface area contributed by atoms with Gasteiger partial charge in [-0.3, -0.25) is 9.59 Å². The number of anilines is 2. The number of alkyl halides is 6. The second kappa shape index (κ2) is 14.1. The number of amides is 1. The van der Waals surface area contributed by atoms with E-state index in [0.717, 1.165) is 10.9 Å². The Bertz CT molecular complexity index is 1500. The minimum absolute atomic E-state index is 0.0338. The van der Waals surface area contributed by atoms with Gasteiger partial charge in [0.2, 0.25) is 5.95 Å². The number of nitrogens with one attached hydrogen (secondary N) is 2. The minimum Gasteiger partial charge on any atom is -0.497 e. The number of aliphatic hydroxyl groups excluding tert-OH is 1. The number of benzene rings is 1. The number of rotatable bonds is 13. The van der Waals surface area contributed by atoms with Crippen LogP contribution in [0.15, 0.2) is 47.7 Å². The van der Waals surface area contributed by atoms with Crippen LogP contribution in [0, 0.1) is 0 Å². The molecule has 244 valence electrons. The zero-order chi connectivity index (χ0) is 32.8. The molecule has 3 heterocycles. The summed E-state index contributed by atoms with van der Waals surface area (Å²) in [4.78, 5) is 33.4. The minimum atomic E-state index is -4.96. The van der Waals surface area contributed by atoms with Gasteiger partial charge in [-0.05, 0) is 24.1 Å². The third-order valence-electron chi connectivity index (χ3n) is 6.83. The van der Waals surface area contributed by atoms with Crippen LogP contribution in [0.5, 0.6) is 5.75 Å². The zero-order valence-corrected chi connectivity index (χ0v) is 23.7. The molecule has 3 aromatic rings. The number of carbonyl (C=O) groups is 1. The van der Waals surface area contributed by atoms with Crippen LogP contribution in [-0.4, -0.2) is 82.9 Å². The third-order valence-corrected chi connectivity index (χ3v) is 6.83. The van der Waals surface area contributed by atoms with E-state index < -0.39 is 53.7 Å². The number of methoxy groups -OCH3 is 1. The van der Waals surface area contributed by atoms with E-state index in [9.17, 15) is 41.0 Å². The molecule has 0 bridgehead atoms. The summed E-state index contributed by atoms with van der Waals surface area (Å²) in [7, 11) is 1.47. The summed E-state index contributed by atoms with van der Waals surface area (Å²) in [5.74, 6) is -0.350. The lowest BCUT2D eigenvalue weighted by atomic mass is 10.0. The highest BCUT2D eigenvalue weighted by Gasteiger charge is 2.42. The van der Waals surface area contributed by atoms with Gasteiger partial charge >= 0.3 is 12.4 Å². The van der Waals surface area contributed by atoms with E-state index >= 15 is 0 Å². The Hall–Kier alpha value is -4.45. The smallest absolute Gasteiger partial charge is 0.423 e. The second-order valence-electron chi connectivity index (χ2n) is 9.91. The van der Waals surface area contributed by atoms with Gasteiger partial charge in [-0.2, -0.15) is 31.4 Å². The molecule has 1 aliphatic heterocycles. The van der Waals surface area contributed by atoms with Crippen molar-refractivity contribution in [2.75, 3.05) is 50.2 Å². The number of halogens is 6. The molecular formula is C27H29F6N7O5. The molecule has 2 atom stereocenters. The molecule has 0 saturated carbocycles. The zero-order valence-electron chi connectivity index (χ0n) is 23.7. The molecule has 1 saturated heterocycles. The molecule has 1 unspecified atom stereocenters. The van der Waals surface area contributed by atoms with Gasteiger partial charge in [0.15, 0.2) is 6.10 Å². The number of aromatic nitrogens is 4. The number of hydrogen-bond donors (Lipinski definition) is 3. The third kappa shape index (κ3) is 8.59. The highest BCUT2D eigenvalue weighted by molar-refractivity contribution is 5.80. The van der Waals surface area contributed by atoms with E-state index in [1.165, 1.54) is 12.0 Å². The van der Waals surface area contributed by atoms with Crippen molar-refractivity contribution in [3.63, 3.8) is 0 Å².